The van der Waals surface area contributed by atoms with Crippen LogP contribution in [-0.2, 0) is 6.54 Å². The second-order valence-corrected chi connectivity index (χ2v) is 7.96. The molecule has 1 aromatic heterocycles. The highest BCUT2D eigenvalue weighted by molar-refractivity contribution is 6.30. The lowest BCUT2D eigenvalue weighted by molar-refractivity contribution is 0.290. The van der Waals surface area contributed by atoms with Crippen LogP contribution in [-0.4, -0.2) is 34.1 Å². The van der Waals surface area contributed by atoms with Crippen molar-refractivity contribution in [2.24, 2.45) is 0 Å². The summed E-state index contributed by atoms with van der Waals surface area (Å²) in [5.74, 6) is 0. The van der Waals surface area contributed by atoms with Gasteiger partial charge in [-0.1, -0.05) is 41.9 Å². The van der Waals surface area contributed by atoms with E-state index in [1.807, 2.05) is 31.2 Å². The molecule has 29 heavy (non-hydrogen) atoms. The highest BCUT2D eigenvalue weighted by atomic mass is 35.5. The fraction of sp³-hybridized carbons (Fsp3) is 0.304. The van der Waals surface area contributed by atoms with Crippen molar-refractivity contribution in [1.82, 2.24) is 14.5 Å². The van der Waals surface area contributed by atoms with E-state index in [1.54, 1.807) is 6.07 Å². The number of hydrogen-bond acceptors (Lipinski definition) is 3. The summed E-state index contributed by atoms with van der Waals surface area (Å²) in [4.78, 5) is 30.3. The van der Waals surface area contributed by atoms with E-state index in [9.17, 15) is 9.59 Å². The number of aryl methyl sites for hydroxylation is 1. The molecule has 2 aromatic carbocycles. The number of fused-ring (bicyclic) bond motifs is 1. The lowest BCUT2D eigenvalue weighted by atomic mass is 9.99. The Morgan fingerprint density at radius 1 is 1.07 bits per heavy atom. The van der Waals surface area contributed by atoms with E-state index in [2.05, 4.69) is 28.1 Å². The lowest BCUT2D eigenvalue weighted by Crippen LogP contribution is -2.37. The molecule has 1 N–H and O–H groups in total. The predicted molar refractivity (Wildman–Crippen MR) is 119 cm³/mol. The molecule has 1 aliphatic rings. The number of aromatic amines is 1. The second-order valence-electron chi connectivity index (χ2n) is 7.52. The first-order valence-corrected chi connectivity index (χ1v) is 10.3. The largest absolute Gasteiger partial charge is 0.328 e. The van der Waals surface area contributed by atoms with E-state index in [-0.39, 0.29) is 11.2 Å². The van der Waals surface area contributed by atoms with E-state index in [4.69, 9.17) is 11.6 Å². The van der Waals surface area contributed by atoms with Gasteiger partial charge in [-0.15, -0.1) is 0 Å². The van der Waals surface area contributed by atoms with Crippen LogP contribution in [0.15, 0.2) is 58.1 Å². The van der Waals surface area contributed by atoms with E-state index in [1.165, 1.54) is 15.7 Å². The Kier molecular flexibility index (Phi) is 5.69. The number of H-pyrrole nitrogens is 1. The minimum Gasteiger partial charge on any atom is -0.307 e. The van der Waals surface area contributed by atoms with Gasteiger partial charge in [0.05, 0.1) is 10.9 Å². The van der Waals surface area contributed by atoms with E-state index >= 15 is 0 Å². The minimum absolute atomic E-state index is 0.203. The molecule has 5 nitrogen and oxygen atoms in total. The molecule has 0 atom stereocenters. The first kappa shape index (κ1) is 19.7. The Morgan fingerprint density at radius 3 is 2.59 bits per heavy atom. The van der Waals surface area contributed by atoms with Crippen LogP contribution in [0, 0.1) is 6.92 Å². The third-order valence-corrected chi connectivity index (χ3v) is 5.83. The van der Waals surface area contributed by atoms with Gasteiger partial charge in [0.1, 0.15) is 0 Å². The van der Waals surface area contributed by atoms with Crippen molar-refractivity contribution in [2.45, 2.75) is 26.3 Å². The molecular formula is C23H24ClN3O2. The van der Waals surface area contributed by atoms with Gasteiger partial charge in [0.25, 0.3) is 5.56 Å². The summed E-state index contributed by atoms with van der Waals surface area (Å²) in [6.45, 7) is 5.01. The fourth-order valence-electron chi connectivity index (χ4n) is 3.96. The number of rotatable bonds is 5. The second kappa shape index (κ2) is 8.39. The normalized spacial score (nSPS) is 14.9. The number of hydrogen-bond donors (Lipinski definition) is 1. The van der Waals surface area contributed by atoms with Crippen LogP contribution in [0.4, 0.5) is 0 Å². The van der Waals surface area contributed by atoms with Gasteiger partial charge < -0.3 is 4.98 Å². The van der Waals surface area contributed by atoms with Crippen molar-refractivity contribution < 1.29 is 0 Å². The first-order chi connectivity index (χ1) is 14.0. The number of nitrogens with one attached hydrogen (secondary N) is 1. The average Bonchev–Trinajstić information content (AvgIpc) is 2.71. The summed E-state index contributed by atoms with van der Waals surface area (Å²) in [7, 11) is 0. The molecule has 0 bridgehead atoms. The van der Waals surface area contributed by atoms with Crippen LogP contribution in [0.25, 0.3) is 16.5 Å². The third kappa shape index (κ3) is 4.21. The summed E-state index contributed by atoms with van der Waals surface area (Å²) >= 11 is 5.97. The van der Waals surface area contributed by atoms with E-state index < -0.39 is 0 Å². The van der Waals surface area contributed by atoms with Crippen LogP contribution >= 0.6 is 11.6 Å². The molecule has 2 heterocycles. The lowest BCUT2D eigenvalue weighted by Gasteiger charge is -2.26. The fourth-order valence-corrected chi connectivity index (χ4v) is 4.09. The van der Waals surface area contributed by atoms with Gasteiger partial charge in [-0.2, -0.15) is 0 Å². The number of halogens is 1. The molecule has 0 amide bonds. The topological polar surface area (TPSA) is 58.1 Å². The molecule has 1 aliphatic heterocycles. The summed E-state index contributed by atoms with van der Waals surface area (Å²) in [6, 6.07) is 13.5. The molecular weight excluding hydrogens is 386 g/mol. The molecule has 4 rings (SSSR count). The van der Waals surface area contributed by atoms with Crippen molar-refractivity contribution in [3.8, 4) is 0 Å². The van der Waals surface area contributed by atoms with Gasteiger partial charge in [-0.3, -0.25) is 14.3 Å². The first-order valence-electron chi connectivity index (χ1n) is 9.93. The molecule has 6 heteroatoms. The van der Waals surface area contributed by atoms with Crippen molar-refractivity contribution in [3.63, 3.8) is 0 Å². The van der Waals surface area contributed by atoms with Gasteiger partial charge in [0.15, 0.2) is 0 Å². The van der Waals surface area contributed by atoms with Gasteiger partial charge in [0, 0.05) is 31.2 Å². The monoisotopic (exact) mass is 409 g/mol. The third-order valence-electron chi connectivity index (χ3n) is 5.58. The maximum absolute atomic E-state index is 12.8. The maximum Gasteiger partial charge on any atom is 0.328 e. The van der Waals surface area contributed by atoms with Crippen LogP contribution in [0.2, 0.25) is 5.02 Å². The SMILES string of the molecule is Cc1cccc2[nH]c(=O)n(CCCN3CC=C(c4ccc(Cl)cc4)CC3)c(=O)c12. The van der Waals surface area contributed by atoms with Crippen molar-refractivity contribution in [3.05, 3.63) is 85.5 Å². The Labute approximate surface area is 174 Å². The predicted octanol–water partition coefficient (Wildman–Crippen LogP) is 3.83. The molecule has 0 unspecified atom stereocenters. The molecule has 0 saturated heterocycles. The van der Waals surface area contributed by atoms with Crippen LogP contribution in [0.5, 0.6) is 0 Å². The zero-order chi connectivity index (χ0) is 20.4. The molecule has 3 aromatic rings. The highest BCUT2D eigenvalue weighted by Crippen LogP contribution is 2.23. The van der Waals surface area contributed by atoms with Gasteiger partial charge in [0.2, 0.25) is 0 Å². The summed E-state index contributed by atoms with van der Waals surface area (Å²) in [5, 5.41) is 1.35. The molecule has 0 spiro atoms. The Hall–Kier alpha value is -2.63. The van der Waals surface area contributed by atoms with E-state index in [0.717, 1.165) is 43.1 Å². The molecule has 0 fully saturated rings. The molecule has 0 aliphatic carbocycles. The Balaban J connectivity index is 1.40. The maximum atomic E-state index is 12.8. The van der Waals surface area contributed by atoms with Gasteiger partial charge >= 0.3 is 5.69 Å². The minimum atomic E-state index is -0.336. The van der Waals surface area contributed by atoms with Gasteiger partial charge in [-0.05, 0) is 54.7 Å². The number of benzene rings is 2. The zero-order valence-corrected chi connectivity index (χ0v) is 17.2. The molecule has 0 saturated carbocycles. The van der Waals surface area contributed by atoms with Crippen molar-refractivity contribution >= 4 is 28.1 Å². The molecule has 0 radical (unpaired) electrons. The van der Waals surface area contributed by atoms with Crippen LogP contribution < -0.4 is 11.2 Å². The Bertz CT molecular complexity index is 1180. The van der Waals surface area contributed by atoms with Crippen LogP contribution in [0.3, 0.4) is 0 Å². The Morgan fingerprint density at radius 2 is 1.86 bits per heavy atom. The van der Waals surface area contributed by atoms with Crippen molar-refractivity contribution in [1.29, 1.82) is 0 Å². The zero-order valence-electron chi connectivity index (χ0n) is 16.5. The summed E-state index contributed by atoms with van der Waals surface area (Å²) < 4.78 is 1.33. The van der Waals surface area contributed by atoms with Gasteiger partial charge in [-0.25, -0.2) is 4.79 Å². The van der Waals surface area contributed by atoms with Crippen molar-refractivity contribution in [2.75, 3.05) is 19.6 Å². The average molecular weight is 410 g/mol. The highest BCUT2D eigenvalue weighted by Gasteiger charge is 2.14. The quantitative estimate of drug-likeness (QED) is 0.696. The summed E-state index contributed by atoms with van der Waals surface area (Å²) in [5.41, 5.74) is 3.51. The van der Waals surface area contributed by atoms with Crippen LogP contribution in [0.1, 0.15) is 24.0 Å². The number of aromatic nitrogens is 2. The molecule has 150 valence electrons. The standard InChI is InChI=1S/C23H24ClN3O2/c1-16-4-2-5-20-21(16)22(28)27(23(29)25-20)13-3-12-26-14-10-18(11-15-26)17-6-8-19(24)9-7-17/h2,4-10H,3,11-15H2,1H3,(H,25,29). The smallest absolute Gasteiger partial charge is 0.307 e. The number of nitrogens with zero attached hydrogens (tertiary/aromatic N) is 2. The van der Waals surface area contributed by atoms with E-state index in [0.29, 0.717) is 17.4 Å². The summed E-state index contributed by atoms with van der Waals surface area (Å²) in [6.07, 6.45) is 3.99.